The van der Waals surface area contributed by atoms with Gasteiger partial charge in [0.25, 0.3) is 0 Å². The smallest absolute Gasteiger partial charge is 0.314 e. The molecule has 2 aromatic carbocycles. The van der Waals surface area contributed by atoms with Gasteiger partial charge in [0.1, 0.15) is 12.2 Å². The molecule has 7 heteroatoms. The number of carbonyl (C=O) groups is 3. The second-order valence-corrected chi connectivity index (χ2v) is 15.6. The van der Waals surface area contributed by atoms with Crippen molar-refractivity contribution in [2.45, 2.75) is 76.9 Å². The van der Waals surface area contributed by atoms with Crippen molar-refractivity contribution in [2.75, 3.05) is 0 Å². The van der Waals surface area contributed by atoms with Gasteiger partial charge in [-0.3, -0.25) is 14.4 Å². The first-order valence-electron chi connectivity index (χ1n) is 12.2. The van der Waals surface area contributed by atoms with Gasteiger partial charge in [-0.1, -0.05) is 81.4 Å². The number of nitrogens with one attached hydrogen (secondary N) is 1. The number of amides is 1. The maximum atomic E-state index is 12.7. The number of ether oxygens (including phenoxy) is 1. The molecular formula is C28H37NO5Si. The molecule has 0 aromatic heterocycles. The first-order valence-corrected chi connectivity index (χ1v) is 15.1. The van der Waals surface area contributed by atoms with Crippen LogP contribution in [0.3, 0.4) is 0 Å². The molecule has 0 spiro atoms. The Bertz CT molecular complexity index is 993. The van der Waals surface area contributed by atoms with Crippen molar-refractivity contribution in [3.63, 3.8) is 0 Å². The largest absolute Gasteiger partial charge is 0.452 e. The summed E-state index contributed by atoms with van der Waals surface area (Å²) in [6.45, 7) is 12.6. The van der Waals surface area contributed by atoms with Crippen molar-refractivity contribution < 1.29 is 23.5 Å². The van der Waals surface area contributed by atoms with Crippen LogP contribution >= 0.6 is 0 Å². The van der Waals surface area contributed by atoms with Gasteiger partial charge in [-0.05, 0) is 36.2 Å². The summed E-state index contributed by atoms with van der Waals surface area (Å²) in [7, 11) is -2.06. The second kappa shape index (κ2) is 10.9. The van der Waals surface area contributed by atoms with Gasteiger partial charge < -0.3 is 14.5 Å². The lowest BCUT2D eigenvalue weighted by Crippen LogP contribution is -2.64. The number of rotatable bonds is 10. The Morgan fingerprint density at radius 3 is 1.94 bits per heavy atom. The summed E-state index contributed by atoms with van der Waals surface area (Å²) in [5, 5.41) is 2.84. The molecule has 2 aromatic rings. The van der Waals surface area contributed by atoms with E-state index in [9.17, 15) is 14.4 Å². The monoisotopic (exact) mass is 495 g/mol. The number of ketones is 1. The van der Waals surface area contributed by atoms with Crippen LogP contribution in [0.2, 0.25) is 18.1 Å². The molecule has 0 saturated carbocycles. The molecule has 188 valence electrons. The van der Waals surface area contributed by atoms with Crippen LogP contribution in [0, 0.1) is 5.92 Å². The van der Waals surface area contributed by atoms with Gasteiger partial charge in [0, 0.05) is 12.5 Å². The Hall–Kier alpha value is -2.77. The minimum atomic E-state index is -2.06. The van der Waals surface area contributed by atoms with Gasteiger partial charge >= 0.3 is 5.97 Å². The van der Waals surface area contributed by atoms with E-state index in [1.165, 1.54) is 0 Å². The maximum absolute atomic E-state index is 12.7. The van der Waals surface area contributed by atoms with Gasteiger partial charge in [0.05, 0.1) is 12.0 Å². The summed E-state index contributed by atoms with van der Waals surface area (Å²) in [5.74, 6) is -1.35. The molecule has 1 N–H and O–H groups in total. The number of hydrogen-bond acceptors (Lipinski definition) is 5. The van der Waals surface area contributed by atoms with E-state index < -0.39 is 26.3 Å². The summed E-state index contributed by atoms with van der Waals surface area (Å²) in [4.78, 5) is 37.8. The van der Waals surface area contributed by atoms with Crippen LogP contribution in [0.4, 0.5) is 0 Å². The number of benzene rings is 2. The fourth-order valence-corrected chi connectivity index (χ4v) is 5.55. The Balaban J connectivity index is 1.60. The van der Waals surface area contributed by atoms with E-state index in [1.54, 1.807) is 0 Å². The molecule has 1 amide bonds. The average Bonchev–Trinajstić information content (AvgIpc) is 2.77. The molecule has 3 atom stereocenters. The zero-order valence-corrected chi connectivity index (χ0v) is 22.5. The third-order valence-corrected chi connectivity index (χ3v) is 11.7. The van der Waals surface area contributed by atoms with E-state index in [4.69, 9.17) is 9.16 Å². The van der Waals surface area contributed by atoms with Crippen molar-refractivity contribution in [1.82, 2.24) is 5.32 Å². The third kappa shape index (κ3) is 6.67. The minimum absolute atomic E-state index is 0.0185. The highest BCUT2D eigenvalue weighted by Gasteiger charge is 2.47. The van der Waals surface area contributed by atoms with Crippen molar-refractivity contribution in [3.05, 3.63) is 71.8 Å². The van der Waals surface area contributed by atoms with Crippen LogP contribution in [0.5, 0.6) is 0 Å². The van der Waals surface area contributed by atoms with Crippen LogP contribution in [0.1, 0.15) is 57.8 Å². The average molecular weight is 496 g/mol. The molecule has 0 aliphatic carbocycles. The standard InChI is InChI=1S/C28H37NO5Si/c1-19(34-35(5,6)28(2,3)4)25-23(29-27(25)32)17-22(30)18-24(31)33-26(20-13-9-7-10-14-20)21-15-11-8-12-16-21/h7-16,19,23,25-26H,17-18H2,1-6H3,(H,29,32)/t19-,23?,25-/m1/s1. The van der Waals surface area contributed by atoms with Crippen LogP contribution in [0.25, 0.3) is 0 Å². The molecule has 1 aliphatic heterocycles. The highest BCUT2D eigenvalue weighted by atomic mass is 28.4. The predicted molar refractivity (Wildman–Crippen MR) is 138 cm³/mol. The molecule has 35 heavy (non-hydrogen) atoms. The summed E-state index contributed by atoms with van der Waals surface area (Å²) < 4.78 is 12.2. The number of Topliss-reactive ketones (excluding diaryl/α,β-unsaturated/α-hetero) is 1. The molecule has 1 heterocycles. The van der Waals surface area contributed by atoms with Crippen LogP contribution in [-0.4, -0.2) is 38.1 Å². The summed E-state index contributed by atoms with van der Waals surface area (Å²) >= 11 is 0. The lowest BCUT2D eigenvalue weighted by Gasteiger charge is -2.45. The lowest BCUT2D eigenvalue weighted by molar-refractivity contribution is -0.150. The van der Waals surface area contributed by atoms with Gasteiger partial charge in [0.2, 0.25) is 5.91 Å². The van der Waals surface area contributed by atoms with Crippen molar-refractivity contribution in [2.24, 2.45) is 5.92 Å². The Labute approximate surface area is 209 Å². The summed E-state index contributed by atoms with van der Waals surface area (Å²) in [6.07, 6.45) is -1.15. The maximum Gasteiger partial charge on any atom is 0.314 e. The Kier molecular flexibility index (Phi) is 8.33. The predicted octanol–water partition coefficient (Wildman–Crippen LogP) is 5.19. The Morgan fingerprint density at radius 2 is 1.49 bits per heavy atom. The molecule has 1 saturated heterocycles. The minimum Gasteiger partial charge on any atom is -0.452 e. The highest BCUT2D eigenvalue weighted by molar-refractivity contribution is 6.74. The Morgan fingerprint density at radius 1 is 0.971 bits per heavy atom. The second-order valence-electron chi connectivity index (χ2n) is 10.8. The van der Waals surface area contributed by atoms with E-state index in [-0.39, 0.29) is 41.7 Å². The van der Waals surface area contributed by atoms with E-state index in [1.807, 2.05) is 67.6 Å². The molecule has 1 fully saturated rings. The fourth-order valence-electron chi connectivity index (χ4n) is 4.12. The van der Waals surface area contributed by atoms with E-state index >= 15 is 0 Å². The molecule has 0 radical (unpaired) electrons. The fraction of sp³-hybridized carbons (Fsp3) is 0.464. The SMILES string of the molecule is C[C@@H](O[Si](C)(C)C(C)(C)C)[C@H]1C(=O)NC1CC(=O)CC(=O)OC(c1ccccc1)c1ccccc1. The van der Waals surface area contributed by atoms with Gasteiger partial charge in [0.15, 0.2) is 14.4 Å². The van der Waals surface area contributed by atoms with Crippen LogP contribution in [-0.2, 0) is 23.5 Å². The van der Waals surface area contributed by atoms with Crippen LogP contribution in [0.15, 0.2) is 60.7 Å². The summed E-state index contributed by atoms with van der Waals surface area (Å²) in [5.41, 5.74) is 1.67. The molecule has 3 rings (SSSR count). The van der Waals surface area contributed by atoms with Gasteiger partial charge in [-0.15, -0.1) is 0 Å². The zero-order chi connectivity index (χ0) is 25.8. The van der Waals surface area contributed by atoms with Crippen LogP contribution < -0.4 is 5.32 Å². The van der Waals surface area contributed by atoms with Gasteiger partial charge in [-0.2, -0.15) is 0 Å². The number of carbonyl (C=O) groups excluding carboxylic acids is 3. The first-order chi connectivity index (χ1) is 16.4. The van der Waals surface area contributed by atoms with E-state index in [0.717, 1.165) is 11.1 Å². The zero-order valence-electron chi connectivity index (χ0n) is 21.5. The molecule has 1 aliphatic rings. The first kappa shape index (κ1) is 26.8. The van der Waals surface area contributed by atoms with E-state index in [0.29, 0.717) is 0 Å². The topological polar surface area (TPSA) is 81.7 Å². The van der Waals surface area contributed by atoms with Crippen molar-refractivity contribution >= 4 is 26.0 Å². The van der Waals surface area contributed by atoms with E-state index in [2.05, 4.69) is 39.2 Å². The lowest BCUT2D eigenvalue weighted by atomic mass is 9.83. The molecular weight excluding hydrogens is 458 g/mol. The molecule has 1 unspecified atom stereocenters. The number of esters is 1. The van der Waals surface area contributed by atoms with Crippen molar-refractivity contribution in [1.29, 1.82) is 0 Å². The number of hydrogen-bond donors (Lipinski definition) is 1. The van der Waals surface area contributed by atoms with Gasteiger partial charge in [-0.25, -0.2) is 0 Å². The number of β-lactam (4-membered cyclic amide) rings is 1. The summed E-state index contributed by atoms with van der Waals surface area (Å²) in [6, 6.07) is 18.6. The van der Waals surface area contributed by atoms with Crippen molar-refractivity contribution in [3.8, 4) is 0 Å². The molecule has 0 bridgehead atoms. The molecule has 6 nitrogen and oxygen atoms in total. The quantitative estimate of drug-likeness (QED) is 0.212. The normalized spacial score (nSPS) is 19.0. The third-order valence-electron chi connectivity index (χ3n) is 7.10. The highest BCUT2D eigenvalue weighted by Crippen LogP contribution is 2.39.